The van der Waals surface area contributed by atoms with Crippen LogP contribution >= 0.6 is 24.4 Å². The summed E-state index contributed by atoms with van der Waals surface area (Å²) in [5, 5.41) is 1.24. The van der Waals surface area contributed by atoms with Crippen LogP contribution in [0.15, 0.2) is 65.0 Å². The van der Waals surface area contributed by atoms with Crippen LogP contribution in [-0.4, -0.2) is 5.37 Å². The Kier molecular flexibility index (Phi) is 3.81. The number of fused-ring (bicyclic) bond motifs is 1. The van der Waals surface area contributed by atoms with Gasteiger partial charge < -0.3 is 4.90 Å². The highest BCUT2D eigenvalue weighted by Crippen LogP contribution is 2.48. The highest BCUT2D eigenvalue weighted by molar-refractivity contribution is 8.03. The Morgan fingerprint density at radius 3 is 2.60 bits per heavy atom. The van der Waals surface area contributed by atoms with Crippen molar-refractivity contribution >= 4 is 30.1 Å². The van der Waals surface area contributed by atoms with Gasteiger partial charge in [0.15, 0.2) is 0 Å². The first-order chi connectivity index (χ1) is 9.70. The Bertz CT molecular complexity index is 637. The van der Waals surface area contributed by atoms with E-state index in [2.05, 4.69) is 73.5 Å². The second-order valence-corrected chi connectivity index (χ2v) is 6.51. The molecule has 0 saturated heterocycles. The van der Waals surface area contributed by atoms with Gasteiger partial charge in [-0.3, -0.25) is 0 Å². The Labute approximate surface area is 130 Å². The molecule has 2 aromatic rings. The molecule has 1 atom stereocenters. The summed E-state index contributed by atoms with van der Waals surface area (Å²) < 4.78 is 0. The predicted molar refractivity (Wildman–Crippen MR) is 92.4 cm³/mol. The normalized spacial score (nSPS) is 15.3. The van der Waals surface area contributed by atoms with Crippen LogP contribution in [0.3, 0.4) is 0 Å². The highest BCUT2D eigenvalue weighted by Gasteiger charge is 2.27. The van der Waals surface area contributed by atoms with Crippen LogP contribution in [0.25, 0.3) is 11.1 Å². The fourth-order valence-corrected chi connectivity index (χ4v) is 3.74. The lowest BCUT2D eigenvalue weighted by Crippen LogP contribution is -2.25. The lowest BCUT2D eigenvalue weighted by Gasteiger charge is -2.25. The molecule has 3 heteroatoms. The van der Waals surface area contributed by atoms with Crippen LogP contribution < -0.4 is 4.90 Å². The van der Waals surface area contributed by atoms with Crippen LogP contribution in [0.5, 0.6) is 0 Å². The minimum atomic E-state index is 0.183. The number of benzene rings is 2. The maximum atomic E-state index is 4.68. The minimum Gasteiger partial charge on any atom is -0.323 e. The summed E-state index contributed by atoms with van der Waals surface area (Å²) in [5.41, 5.74) is 3.70. The van der Waals surface area contributed by atoms with Crippen molar-refractivity contribution in [3.8, 4) is 11.1 Å². The molecule has 1 aliphatic rings. The molecular formula is C17H17NS2. The SMILES string of the molecule is C=C1Sc2ccc(-c3ccccc3)cc2N1C(S)CC. The third-order valence-corrected chi connectivity index (χ3v) is 5.08. The van der Waals surface area contributed by atoms with E-state index in [9.17, 15) is 0 Å². The van der Waals surface area contributed by atoms with Crippen molar-refractivity contribution in [3.05, 3.63) is 60.1 Å². The fourth-order valence-electron chi connectivity index (χ4n) is 2.42. The van der Waals surface area contributed by atoms with Gasteiger partial charge >= 0.3 is 0 Å². The van der Waals surface area contributed by atoms with E-state index in [-0.39, 0.29) is 5.37 Å². The lowest BCUT2D eigenvalue weighted by atomic mass is 10.0. The van der Waals surface area contributed by atoms with E-state index < -0.39 is 0 Å². The van der Waals surface area contributed by atoms with E-state index in [1.54, 1.807) is 11.8 Å². The molecule has 102 valence electrons. The van der Waals surface area contributed by atoms with Gasteiger partial charge in [-0.1, -0.05) is 61.7 Å². The molecule has 0 aromatic heterocycles. The number of hydrogen-bond acceptors (Lipinski definition) is 3. The maximum absolute atomic E-state index is 4.68. The molecule has 3 rings (SSSR count). The van der Waals surface area contributed by atoms with Crippen molar-refractivity contribution < 1.29 is 0 Å². The summed E-state index contributed by atoms with van der Waals surface area (Å²) in [6, 6.07) is 17.1. The van der Waals surface area contributed by atoms with Gasteiger partial charge in [-0.05, 0) is 29.7 Å². The zero-order valence-electron chi connectivity index (χ0n) is 11.4. The second kappa shape index (κ2) is 5.58. The predicted octanol–water partition coefficient (Wildman–Crippen LogP) is 5.40. The molecule has 20 heavy (non-hydrogen) atoms. The Morgan fingerprint density at radius 2 is 1.90 bits per heavy atom. The topological polar surface area (TPSA) is 3.24 Å². The number of thioether (sulfide) groups is 1. The van der Waals surface area contributed by atoms with Gasteiger partial charge in [-0.25, -0.2) is 0 Å². The molecular weight excluding hydrogens is 282 g/mol. The summed E-state index contributed by atoms with van der Waals surface area (Å²) in [5.74, 6) is 0. The van der Waals surface area contributed by atoms with Gasteiger partial charge in [0.1, 0.15) is 0 Å². The fraction of sp³-hybridized carbons (Fsp3) is 0.176. The number of hydrogen-bond donors (Lipinski definition) is 1. The molecule has 0 bridgehead atoms. The first kappa shape index (κ1) is 13.7. The molecule has 0 fully saturated rings. The lowest BCUT2D eigenvalue weighted by molar-refractivity contribution is 0.824. The van der Waals surface area contributed by atoms with Crippen LogP contribution in [0.4, 0.5) is 5.69 Å². The van der Waals surface area contributed by atoms with Gasteiger partial charge in [0.05, 0.1) is 16.1 Å². The summed E-state index contributed by atoms with van der Waals surface area (Å²) in [6.45, 7) is 6.31. The zero-order valence-corrected chi connectivity index (χ0v) is 13.1. The van der Waals surface area contributed by atoms with Crippen molar-refractivity contribution in [1.29, 1.82) is 0 Å². The van der Waals surface area contributed by atoms with E-state index in [0.29, 0.717) is 0 Å². The van der Waals surface area contributed by atoms with Gasteiger partial charge in [0.25, 0.3) is 0 Å². The van der Waals surface area contributed by atoms with Crippen molar-refractivity contribution in [2.75, 3.05) is 4.90 Å². The first-order valence-corrected chi connectivity index (χ1v) is 8.07. The third kappa shape index (κ3) is 2.36. The van der Waals surface area contributed by atoms with E-state index in [4.69, 9.17) is 0 Å². The molecule has 0 N–H and O–H groups in total. The quantitative estimate of drug-likeness (QED) is 0.756. The van der Waals surface area contributed by atoms with Gasteiger partial charge in [-0.2, -0.15) is 12.6 Å². The van der Waals surface area contributed by atoms with Crippen LogP contribution in [-0.2, 0) is 0 Å². The van der Waals surface area contributed by atoms with Crippen LogP contribution in [0.2, 0.25) is 0 Å². The van der Waals surface area contributed by atoms with E-state index in [1.807, 2.05) is 6.07 Å². The smallest absolute Gasteiger partial charge is 0.0773 e. The number of nitrogens with zero attached hydrogens (tertiary/aromatic N) is 1. The van der Waals surface area contributed by atoms with Crippen LogP contribution in [0, 0.1) is 0 Å². The van der Waals surface area contributed by atoms with Crippen molar-refractivity contribution in [1.82, 2.24) is 0 Å². The van der Waals surface area contributed by atoms with Gasteiger partial charge in [0.2, 0.25) is 0 Å². The molecule has 1 aliphatic heterocycles. The molecule has 0 amide bonds. The average molecular weight is 299 g/mol. The van der Waals surface area contributed by atoms with Crippen LogP contribution in [0.1, 0.15) is 13.3 Å². The first-order valence-electron chi connectivity index (χ1n) is 6.74. The van der Waals surface area contributed by atoms with Crippen molar-refractivity contribution in [3.63, 3.8) is 0 Å². The Hall–Kier alpha value is -1.32. The molecule has 1 heterocycles. The monoisotopic (exact) mass is 299 g/mol. The van der Waals surface area contributed by atoms with Gasteiger partial charge in [0, 0.05) is 4.90 Å². The molecule has 1 unspecified atom stereocenters. The van der Waals surface area contributed by atoms with E-state index >= 15 is 0 Å². The maximum Gasteiger partial charge on any atom is 0.0773 e. The van der Waals surface area contributed by atoms with E-state index in [0.717, 1.165) is 11.4 Å². The number of rotatable bonds is 3. The molecule has 2 aromatic carbocycles. The molecule has 1 nitrogen and oxygen atoms in total. The summed E-state index contributed by atoms with van der Waals surface area (Å²) in [6.07, 6.45) is 0.984. The van der Waals surface area contributed by atoms with E-state index in [1.165, 1.54) is 21.7 Å². The second-order valence-electron chi connectivity index (χ2n) is 4.80. The Morgan fingerprint density at radius 1 is 1.15 bits per heavy atom. The molecule has 0 spiro atoms. The Balaban J connectivity index is 2.05. The number of thiol groups is 1. The summed E-state index contributed by atoms with van der Waals surface area (Å²) in [4.78, 5) is 3.50. The third-order valence-electron chi connectivity index (χ3n) is 3.49. The summed E-state index contributed by atoms with van der Waals surface area (Å²) in [7, 11) is 0. The summed E-state index contributed by atoms with van der Waals surface area (Å²) >= 11 is 6.41. The zero-order chi connectivity index (χ0) is 14.1. The standard InChI is InChI=1S/C17H17NS2/c1-3-17(19)18-12(2)20-16-10-9-14(11-15(16)18)13-7-5-4-6-8-13/h4-11,17,19H,2-3H2,1H3. The van der Waals surface area contributed by atoms with Crippen molar-refractivity contribution in [2.24, 2.45) is 0 Å². The average Bonchev–Trinajstić information content (AvgIpc) is 2.82. The molecule has 0 aliphatic carbocycles. The van der Waals surface area contributed by atoms with Gasteiger partial charge in [-0.15, -0.1) is 0 Å². The highest BCUT2D eigenvalue weighted by atomic mass is 32.2. The molecule has 0 saturated carbocycles. The number of anilines is 1. The van der Waals surface area contributed by atoms with Crippen molar-refractivity contribution in [2.45, 2.75) is 23.6 Å². The largest absolute Gasteiger partial charge is 0.323 e. The minimum absolute atomic E-state index is 0.183. The molecule has 0 radical (unpaired) electrons.